The van der Waals surface area contributed by atoms with Gasteiger partial charge in [0.05, 0.1) is 30.8 Å². The maximum Gasteiger partial charge on any atom is 0.214 e. The average molecular weight is 425 g/mol. The van der Waals surface area contributed by atoms with E-state index in [1.165, 1.54) is 0 Å². The third-order valence-electron chi connectivity index (χ3n) is 3.82. The van der Waals surface area contributed by atoms with Gasteiger partial charge in [-0.3, -0.25) is 0 Å². The lowest BCUT2D eigenvalue weighted by atomic mass is 10.2. The molecule has 3 rings (SSSR count). The fraction of sp³-hybridized carbons (Fsp3) is 0.222. The molecule has 0 saturated heterocycles. The number of para-hydroxylation sites is 1. The van der Waals surface area contributed by atoms with E-state index in [1.54, 1.807) is 23.9 Å². The molecule has 0 unspecified atom stereocenters. The standard InChI is InChI=1S/C18H18Cl2N4O2S/c1-3-26-16-11(8-12(19)9-14(16)20)10-21-24-17(22-23-18(24)27)13-6-4-5-7-15(13)25-2/h4-9,21H,3,10H2,1-2H3,(H,23,27). The predicted molar refractivity (Wildman–Crippen MR) is 110 cm³/mol. The number of hydrogen-bond acceptors (Lipinski definition) is 5. The Bertz CT molecular complexity index is 1000. The summed E-state index contributed by atoms with van der Waals surface area (Å²) in [6.45, 7) is 2.77. The molecule has 0 aliphatic carbocycles. The summed E-state index contributed by atoms with van der Waals surface area (Å²) in [5, 5.41) is 8.11. The third kappa shape index (κ3) is 4.21. The Hall–Kier alpha value is -2.22. The van der Waals surface area contributed by atoms with Gasteiger partial charge in [0.2, 0.25) is 4.77 Å². The van der Waals surface area contributed by atoms with Crippen molar-refractivity contribution < 1.29 is 9.47 Å². The zero-order chi connectivity index (χ0) is 19.4. The molecule has 0 fully saturated rings. The number of nitrogens with zero attached hydrogens (tertiary/aromatic N) is 2. The summed E-state index contributed by atoms with van der Waals surface area (Å²) < 4.78 is 13.2. The zero-order valence-electron chi connectivity index (χ0n) is 14.8. The predicted octanol–water partition coefficient (Wildman–Crippen LogP) is 5.07. The fourth-order valence-corrected chi connectivity index (χ4v) is 3.46. The number of methoxy groups -OCH3 is 1. The van der Waals surface area contributed by atoms with Crippen LogP contribution in [0.2, 0.25) is 10.0 Å². The quantitative estimate of drug-likeness (QED) is 0.518. The zero-order valence-corrected chi connectivity index (χ0v) is 17.1. The van der Waals surface area contributed by atoms with E-state index < -0.39 is 0 Å². The molecule has 1 aromatic heterocycles. The van der Waals surface area contributed by atoms with Gasteiger partial charge in [-0.25, -0.2) is 9.77 Å². The summed E-state index contributed by atoms with van der Waals surface area (Å²) in [5.74, 6) is 1.88. The molecule has 3 aromatic rings. The second-order valence-electron chi connectivity index (χ2n) is 5.53. The minimum atomic E-state index is 0.381. The van der Waals surface area contributed by atoms with E-state index in [-0.39, 0.29) is 0 Å². The molecule has 2 aromatic carbocycles. The van der Waals surface area contributed by atoms with E-state index in [0.29, 0.717) is 45.3 Å². The highest BCUT2D eigenvalue weighted by Gasteiger charge is 2.15. The number of benzene rings is 2. The molecule has 0 bridgehead atoms. The van der Waals surface area contributed by atoms with Crippen molar-refractivity contribution in [3.8, 4) is 22.9 Å². The van der Waals surface area contributed by atoms with Crippen LogP contribution in [0.4, 0.5) is 0 Å². The Kier molecular flexibility index (Phi) is 6.26. The third-order valence-corrected chi connectivity index (χ3v) is 4.59. The molecule has 0 atom stereocenters. The van der Waals surface area contributed by atoms with Crippen LogP contribution >= 0.6 is 35.4 Å². The van der Waals surface area contributed by atoms with Gasteiger partial charge in [0.25, 0.3) is 0 Å². The van der Waals surface area contributed by atoms with Crippen LogP contribution in [0, 0.1) is 4.77 Å². The van der Waals surface area contributed by atoms with Gasteiger partial charge in [-0.15, -0.1) is 0 Å². The van der Waals surface area contributed by atoms with Gasteiger partial charge in [-0.2, -0.15) is 5.10 Å². The molecular formula is C18H18Cl2N4O2S. The molecule has 2 N–H and O–H groups in total. The van der Waals surface area contributed by atoms with Gasteiger partial charge >= 0.3 is 0 Å². The van der Waals surface area contributed by atoms with Crippen molar-refractivity contribution in [3.05, 3.63) is 56.8 Å². The van der Waals surface area contributed by atoms with Crippen LogP contribution in [0.5, 0.6) is 11.5 Å². The van der Waals surface area contributed by atoms with E-state index in [1.807, 2.05) is 31.2 Å². The van der Waals surface area contributed by atoms with Crippen molar-refractivity contribution in [2.75, 3.05) is 19.1 Å². The number of rotatable bonds is 7. The molecule has 0 radical (unpaired) electrons. The summed E-state index contributed by atoms with van der Waals surface area (Å²) in [4.78, 5) is 0. The summed E-state index contributed by atoms with van der Waals surface area (Å²) in [5.41, 5.74) is 4.86. The van der Waals surface area contributed by atoms with Crippen molar-refractivity contribution in [2.45, 2.75) is 13.5 Å². The monoisotopic (exact) mass is 424 g/mol. The molecule has 142 valence electrons. The second kappa shape index (κ2) is 8.65. The molecule has 0 saturated carbocycles. The lowest BCUT2D eigenvalue weighted by Gasteiger charge is -2.16. The van der Waals surface area contributed by atoms with Crippen molar-refractivity contribution in [3.63, 3.8) is 0 Å². The molecule has 27 heavy (non-hydrogen) atoms. The van der Waals surface area contributed by atoms with Crippen LogP contribution in [0.3, 0.4) is 0 Å². The van der Waals surface area contributed by atoms with Crippen molar-refractivity contribution in [2.24, 2.45) is 0 Å². The molecule has 0 spiro atoms. The molecule has 0 aliphatic rings. The van der Waals surface area contributed by atoms with Gasteiger partial charge in [0.1, 0.15) is 11.5 Å². The van der Waals surface area contributed by atoms with Gasteiger partial charge in [-0.05, 0) is 43.4 Å². The SMILES string of the molecule is CCOc1c(Cl)cc(Cl)cc1CNn1c(-c2ccccc2OC)n[nH]c1=S. The highest BCUT2D eigenvalue weighted by atomic mass is 35.5. The minimum absolute atomic E-state index is 0.381. The van der Waals surface area contributed by atoms with Gasteiger partial charge in [-0.1, -0.05) is 35.3 Å². The Morgan fingerprint density at radius 2 is 2.04 bits per heavy atom. The number of ether oxygens (including phenoxy) is 2. The summed E-state index contributed by atoms with van der Waals surface area (Å²) in [6, 6.07) is 11.0. The van der Waals surface area contributed by atoms with E-state index in [9.17, 15) is 0 Å². The number of H-pyrrole nitrogens is 1. The summed E-state index contributed by atoms with van der Waals surface area (Å²) in [6.07, 6.45) is 0. The second-order valence-corrected chi connectivity index (χ2v) is 6.76. The number of hydrogen-bond donors (Lipinski definition) is 2. The first-order chi connectivity index (χ1) is 13.0. The first kappa shape index (κ1) is 19.5. The fourth-order valence-electron chi connectivity index (χ4n) is 2.67. The molecule has 6 nitrogen and oxygen atoms in total. The maximum absolute atomic E-state index is 6.27. The van der Waals surface area contributed by atoms with Crippen LogP contribution in [-0.2, 0) is 6.54 Å². The Morgan fingerprint density at radius 3 is 2.78 bits per heavy atom. The molecular weight excluding hydrogens is 407 g/mol. The number of aromatic amines is 1. The van der Waals surface area contributed by atoms with Gasteiger partial charge < -0.3 is 14.9 Å². The summed E-state index contributed by atoms with van der Waals surface area (Å²) in [7, 11) is 1.61. The average Bonchev–Trinajstić information content (AvgIpc) is 3.02. The minimum Gasteiger partial charge on any atom is -0.496 e. The number of halogens is 2. The van der Waals surface area contributed by atoms with Crippen molar-refractivity contribution >= 4 is 35.4 Å². The van der Waals surface area contributed by atoms with Crippen LogP contribution in [-0.4, -0.2) is 28.6 Å². The Labute approximate surface area is 172 Å². The summed E-state index contributed by atoms with van der Waals surface area (Å²) >= 11 is 17.8. The number of aromatic nitrogens is 3. The molecule has 0 amide bonds. The van der Waals surface area contributed by atoms with Crippen LogP contribution in [0.1, 0.15) is 12.5 Å². The van der Waals surface area contributed by atoms with Crippen LogP contribution in [0.15, 0.2) is 36.4 Å². The van der Waals surface area contributed by atoms with E-state index in [4.69, 9.17) is 44.9 Å². The van der Waals surface area contributed by atoms with Gasteiger partial charge in [0, 0.05) is 10.6 Å². The van der Waals surface area contributed by atoms with E-state index in [0.717, 1.165) is 11.1 Å². The maximum atomic E-state index is 6.27. The first-order valence-electron chi connectivity index (χ1n) is 8.20. The highest BCUT2D eigenvalue weighted by molar-refractivity contribution is 7.71. The lowest BCUT2D eigenvalue weighted by molar-refractivity contribution is 0.337. The Balaban J connectivity index is 1.95. The van der Waals surface area contributed by atoms with E-state index >= 15 is 0 Å². The lowest BCUT2D eigenvalue weighted by Crippen LogP contribution is -2.17. The largest absolute Gasteiger partial charge is 0.496 e. The Morgan fingerprint density at radius 1 is 1.26 bits per heavy atom. The number of nitrogens with one attached hydrogen (secondary N) is 2. The van der Waals surface area contributed by atoms with Crippen LogP contribution < -0.4 is 14.9 Å². The van der Waals surface area contributed by atoms with Crippen molar-refractivity contribution in [1.29, 1.82) is 0 Å². The first-order valence-corrected chi connectivity index (χ1v) is 9.37. The van der Waals surface area contributed by atoms with Crippen molar-refractivity contribution in [1.82, 2.24) is 14.9 Å². The topological polar surface area (TPSA) is 64.1 Å². The normalized spacial score (nSPS) is 10.7. The molecule has 1 heterocycles. The van der Waals surface area contributed by atoms with Gasteiger partial charge in [0.15, 0.2) is 5.82 Å². The highest BCUT2D eigenvalue weighted by Crippen LogP contribution is 2.33. The molecule has 0 aliphatic heterocycles. The smallest absolute Gasteiger partial charge is 0.214 e. The molecule has 9 heteroatoms. The van der Waals surface area contributed by atoms with Crippen LogP contribution in [0.25, 0.3) is 11.4 Å². The van der Waals surface area contributed by atoms with E-state index in [2.05, 4.69) is 15.6 Å².